The molecule has 0 bridgehead atoms. The van der Waals surface area contributed by atoms with Crippen LogP contribution in [0, 0.1) is 0 Å². The second-order valence-electron chi connectivity index (χ2n) is 8.95. The van der Waals surface area contributed by atoms with Gasteiger partial charge in [-0.15, -0.1) is 5.10 Å². The molecule has 0 saturated carbocycles. The van der Waals surface area contributed by atoms with Gasteiger partial charge in [0, 0.05) is 24.9 Å². The number of ether oxygens (including phenoxy) is 1. The van der Waals surface area contributed by atoms with Crippen LogP contribution in [0.25, 0.3) is 22.5 Å². The summed E-state index contributed by atoms with van der Waals surface area (Å²) >= 11 is 0. The molecular formula is C26H30N8O2. The number of nitrogens with zero attached hydrogens (tertiary/aromatic N) is 7. The molecule has 0 fully saturated rings. The molecule has 1 unspecified atom stereocenters. The van der Waals surface area contributed by atoms with Crippen LogP contribution in [-0.2, 0) is 16.1 Å². The van der Waals surface area contributed by atoms with Gasteiger partial charge in [-0.2, -0.15) is 0 Å². The zero-order valence-electron chi connectivity index (χ0n) is 20.8. The Morgan fingerprint density at radius 1 is 1.14 bits per heavy atom. The van der Waals surface area contributed by atoms with Gasteiger partial charge in [0.25, 0.3) is 0 Å². The first-order chi connectivity index (χ1) is 17.6. The topological polar surface area (TPSA) is 103 Å². The Hall–Kier alpha value is -4.21. The van der Waals surface area contributed by atoms with E-state index in [1.807, 2.05) is 23.1 Å². The maximum absolute atomic E-state index is 12.1. The van der Waals surface area contributed by atoms with Gasteiger partial charge in [0.1, 0.15) is 12.7 Å². The van der Waals surface area contributed by atoms with E-state index in [1.165, 1.54) is 12.7 Å². The number of methoxy groups -OCH3 is 1. The van der Waals surface area contributed by atoms with Gasteiger partial charge in [-0.05, 0) is 40.5 Å². The highest BCUT2D eigenvalue weighted by atomic mass is 16.5. The van der Waals surface area contributed by atoms with Crippen molar-refractivity contribution >= 4 is 11.8 Å². The number of carbonyl (C=O) groups excluding carboxylic acids is 1. The number of fused-ring (bicyclic) bond motifs is 1. The molecule has 1 atom stereocenters. The molecule has 2 aromatic carbocycles. The van der Waals surface area contributed by atoms with Crippen LogP contribution in [0.2, 0.25) is 0 Å². The van der Waals surface area contributed by atoms with Crippen molar-refractivity contribution in [1.29, 1.82) is 0 Å². The fourth-order valence-corrected chi connectivity index (χ4v) is 4.70. The Morgan fingerprint density at radius 2 is 1.92 bits per heavy atom. The molecule has 0 radical (unpaired) electrons. The van der Waals surface area contributed by atoms with E-state index in [0.717, 1.165) is 41.2 Å². The molecule has 0 spiro atoms. The number of H-pyrrole nitrogens is 1. The average Bonchev–Trinajstić information content (AvgIpc) is 3.54. The van der Waals surface area contributed by atoms with Crippen molar-refractivity contribution in [2.24, 2.45) is 4.99 Å². The molecule has 1 N–H and O–H groups in total. The van der Waals surface area contributed by atoms with E-state index >= 15 is 0 Å². The van der Waals surface area contributed by atoms with Crippen molar-refractivity contribution < 1.29 is 9.53 Å². The molecule has 0 amide bonds. The van der Waals surface area contributed by atoms with Gasteiger partial charge in [0.05, 0.1) is 19.5 Å². The fourth-order valence-electron chi connectivity index (χ4n) is 4.70. The Labute approximate surface area is 210 Å². The SMILES string of the molecule is CCCN1C=C2C(=NC(C)N2Cc2ccc(-c3ccccc3-c3nnn[nH]3)cc2)N(CC(=O)OC)C1. The third-order valence-corrected chi connectivity index (χ3v) is 6.46. The minimum absolute atomic E-state index is 0.0349. The van der Waals surface area contributed by atoms with Crippen molar-refractivity contribution in [3.63, 3.8) is 0 Å². The first-order valence-corrected chi connectivity index (χ1v) is 12.1. The number of hydrogen-bond acceptors (Lipinski definition) is 9. The van der Waals surface area contributed by atoms with E-state index in [2.05, 4.69) is 80.8 Å². The smallest absolute Gasteiger partial charge is 0.325 e. The summed E-state index contributed by atoms with van der Waals surface area (Å²) in [6.07, 6.45) is 3.16. The van der Waals surface area contributed by atoms with Crippen LogP contribution in [0.4, 0.5) is 0 Å². The first kappa shape index (κ1) is 23.5. The Bertz CT molecular complexity index is 1270. The largest absolute Gasteiger partial charge is 0.468 e. The summed E-state index contributed by atoms with van der Waals surface area (Å²) in [6.45, 7) is 6.66. The van der Waals surface area contributed by atoms with Gasteiger partial charge in [-0.1, -0.05) is 55.5 Å². The summed E-state index contributed by atoms with van der Waals surface area (Å²) in [7, 11) is 1.42. The number of aliphatic imine (C=N–C) groups is 1. The molecule has 36 heavy (non-hydrogen) atoms. The second kappa shape index (κ2) is 10.2. The monoisotopic (exact) mass is 486 g/mol. The predicted octanol–water partition coefficient (Wildman–Crippen LogP) is 3.09. The molecule has 186 valence electrons. The van der Waals surface area contributed by atoms with Gasteiger partial charge >= 0.3 is 5.97 Å². The fraction of sp³-hybridized carbons (Fsp3) is 0.346. The number of hydrogen-bond donors (Lipinski definition) is 1. The summed E-state index contributed by atoms with van der Waals surface area (Å²) in [5.41, 5.74) is 5.32. The highest BCUT2D eigenvalue weighted by molar-refractivity contribution is 6.01. The lowest BCUT2D eigenvalue weighted by Crippen LogP contribution is -2.48. The maximum atomic E-state index is 12.1. The van der Waals surface area contributed by atoms with Crippen molar-refractivity contribution in [2.75, 3.05) is 26.9 Å². The van der Waals surface area contributed by atoms with E-state index in [0.29, 0.717) is 19.0 Å². The number of benzene rings is 2. The molecule has 5 rings (SSSR count). The third-order valence-electron chi connectivity index (χ3n) is 6.46. The van der Waals surface area contributed by atoms with Crippen LogP contribution >= 0.6 is 0 Å². The number of rotatable bonds is 8. The third kappa shape index (κ3) is 4.66. The zero-order chi connectivity index (χ0) is 25.1. The Balaban J connectivity index is 1.37. The number of carbonyl (C=O) groups is 1. The number of amidine groups is 1. The highest BCUT2D eigenvalue weighted by Gasteiger charge is 2.36. The first-order valence-electron chi connectivity index (χ1n) is 12.1. The molecule has 0 saturated heterocycles. The summed E-state index contributed by atoms with van der Waals surface area (Å²) in [6, 6.07) is 16.6. The molecule has 10 heteroatoms. The van der Waals surface area contributed by atoms with Crippen molar-refractivity contribution in [3.8, 4) is 22.5 Å². The number of esters is 1. The molecule has 0 aliphatic carbocycles. The standard InChI is InChI=1S/C26H30N8O2/c1-4-13-32-15-23-26(33(17-32)16-24(35)36-3)27-18(2)34(23)14-19-9-11-20(12-10-19)21-7-5-6-8-22(21)25-28-30-31-29-25/h5-12,15,18H,4,13-14,16-17H2,1-3H3,(H,28,29,30,31). The van der Waals surface area contributed by atoms with Crippen LogP contribution in [0.5, 0.6) is 0 Å². The van der Waals surface area contributed by atoms with E-state index < -0.39 is 0 Å². The minimum Gasteiger partial charge on any atom is -0.468 e. The quantitative estimate of drug-likeness (QED) is 0.485. The van der Waals surface area contributed by atoms with Gasteiger partial charge < -0.3 is 19.4 Å². The van der Waals surface area contributed by atoms with Crippen LogP contribution in [0.3, 0.4) is 0 Å². The molecule has 3 aromatic rings. The zero-order valence-corrected chi connectivity index (χ0v) is 20.8. The molecule has 10 nitrogen and oxygen atoms in total. The van der Waals surface area contributed by atoms with E-state index in [-0.39, 0.29) is 18.7 Å². The molecule has 3 heterocycles. The number of tetrazole rings is 1. The lowest BCUT2D eigenvalue weighted by molar-refractivity contribution is -0.141. The van der Waals surface area contributed by atoms with Crippen LogP contribution < -0.4 is 0 Å². The molecule has 2 aliphatic rings. The number of aromatic amines is 1. The van der Waals surface area contributed by atoms with Gasteiger partial charge in [-0.25, -0.2) is 10.1 Å². The summed E-state index contributed by atoms with van der Waals surface area (Å²) in [4.78, 5) is 23.5. The number of aromatic nitrogens is 4. The second-order valence-corrected chi connectivity index (χ2v) is 8.95. The Morgan fingerprint density at radius 3 is 2.61 bits per heavy atom. The maximum Gasteiger partial charge on any atom is 0.325 e. The lowest BCUT2D eigenvalue weighted by Gasteiger charge is -2.37. The van der Waals surface area contributed by atoms with E-state index in [4.69, 9.17) is 9.73 Å². The lowest BCUT2D eigenvalue weighted by atomic mass is 9.98. The van der Waals surface area contributed by atoms with Crippen molar-refractivity contribution in [3.05, 3.63) is 66.0 Å². The van der Waals surface area contributed by atoms with Gasteiger partial charge in [0.2, 0.25) is 0 Å². The molecule has 2 aliphatic heterocycles. The van der Waals surface area contributed by atoms with Crippen LogP contribution in [-0.4, -0.2) is 80.2 Å². The van der Waals surface area contributed by atoms with Gasteiger partial charge in [-0.3, -0.25) is 4.79 Å². The van der Waals surface area contributed by atoms with Crippen molar-refractivity contribution in [1.82, 2.24) is 35.3 Å². The highest BCUT2D eigenvalue weighted by Crippen LogP contribution is 2.32. The van der Waals surface area contributed by atoms with E-state index in [9.17, 15) is 4.79 Å². The molecule has 1 aromatic heterocycles. The number of nitrogens with one attached hydrogen (secondary N) is 1. The summed E-state index contributed by atoms with van der Waals surface area (Å²) < 4.78 is 4.93. The predicted molar refractivity (Wildman–Crippen MR) is 136 cm³/mol. The van der Waals surface area contributed by atoms with Gasteiger partial charge in [0.15, 0.2) is 11.7 Å². The van der Waals surface area contributed by atoms with Crippen LogP contribution in [0.15, 0.2) is 65.4 Å². The Kier molecular flexibility index (Phi) is 6.66. The minimum atomic E-state index is -0.265. The van der Waals surface area contributed by atoms with E-state index in [1.54, 1.807) is 0 Å². The van der Waals surface area contributed by atoms with Crippen molar-refractivity contribution in [2.45, 2.75) is 33.0 Å². The normalized spacial score (nSPS) is 17.1. The molecular weight excluding hydrogens is 456 g/mol. The summed E-state index contributed by atoms with van der Waals surface area (Å²) in [5.74, 6) is 1.23. The summed E-state index contributed by atoms with van der Waals surface area (Å²) in [5, 5.41) is 14.4. The van der Waals surface area contributed by atoms with Crippen LogP contribution in [0.1, 0.15) is 25.8 Å². The average molecular weight is 487 g/mol.